The smallest absolute Gasteiger partial charge is 0.276 e. The minimum atomic E-state index is -0.393. The van der Waals surface area contributed by atoms with E-state index in [1.165, 1.54) is 6.07 Å². The summed E-state index contributed by atoms with van der Waals surface area (Å²) in [6, 6.07) is 14.2. The predicted octanol–water partition coefficient (Wildman–Crippen LogP) is 2.91. The fourth-order valence-electron chi connectivity index (χ4n) is 2.43. The summed E-state index contributed by atoms with van der Waals surface area (Å²) in [5.41, 5.74) is 1.59. The van der Waals surface area contributed by atoms with E-state index in [9.17, 15) is 10.1 Å². The van der Waals surface area contributed by atoms with Crippen LogP contribution in [0.4, 0.5) is 5.69 Å². The second-order valence-corrected chi connectivity index (χ2v) is 5.21. The van der Waals surface area contributed by atoms with Crippen LogP contribution in [0.2, 0.25) is 0 Å². The van der Waals surface area contributed by atoms with Gasteiger partial charge < -0.3 is 10.1 Å². The number of nitrogens with one attached hydrogen (secondary N) is 1. The van der Waals surface area contributed by atoms with Gasteiger partial charge in [0.05, 0.1) is 10.5 Å². The summed E-state index contributed by atoms with van der Waals surface area (Å²) in [4.78, 5) is 15.1. The van der Waals surface area contributed by atoms with Gasteiger partial charge >= 0.3 is 0 Å². The van der Waals surface area contributed by atoms with E-state index in [0.717, 1.165) is 30.9 Å². The lowest BCUT2D eigenvalue weighted by Crippen LogP contribution is -2.30. The molecule has 1 aliphatic heterocycles. The molecule has 1 aliphatic rings. The Morgan fingerprint density at radius 2 is 2.09 bits per heavy atom. The first-order valence-electron chi connectivity index (χ1n) is 7.48. The van der Waals surface area contributed by atoms with Crippen LogP contribution in [-0.4, -0.2) is 23.8 Å². The lowest BCUT2D eigenvalue weighted by atomic mass is 10.1. The number of benzene rings is 2. The second kappa shape index (κ2) is 6.91. The van der Waals surface area contributed by atoms with Gasteiger partial charge in [-0.15, -0.1) is 0 Å². The lowest BCUT2D eigenvalue weighted by molar-refractivity contribution is -0.385. The molecule has 23 heavy (non-hydrogen) atoms. The van der Waals surface area contributed by atoms with Crippen LogP contribution in [0.5, 0.6) is 5.75 Å². The van der Waals surface area contributed by atoms with Crippen molar-refractivity contribution in [2.75, 3.05) is 13.1 Å². The number of para-hydroxylation sites is 1. The summed E-state index contributed by atoms with van der Waals surface area (Å²) in [6.07, 6.45) is 1.04. The highest BCUT2D eigenvalue weighted by atomic mass is 16.6. The summed E-state index contributed by atoms with van der Waals surface area (Å²) < 4.78 is 5.73. The zero-order valence-electron chi connectivity index (χ0n) is 12.6. The molecule has 1 N–H and O–H groups in total. The van der Waals surface area contributed by atoms with Gasteiger partial charge in [-0.25, -0.2) is 0 Å². The summed E-state index contributed by atoms with van der Waals surface area (Å²) in [5, 5.41) is 14.3. The van der Waals surface area contributed by atoms with Gasteiger partial charge in [-0.05, 0) is 24.6 Å². The molecule has 0 atom stereocenters. The van der Waals surface area contributed by atoms with Gasteiger partial charge in [-0.3, -0.25) is 15.1 Å². The van der Waals surface area contributed by atoms with Gasteiger partial charge in [0.15, 0.2) is 0 Å². The van der Waals surface area contributed by atoms with Crippen LogP contribution in [0, 0.1) is 10.1 Å². The van der Waals surface area contributed by atoms with Crippen LogP contribution in [0.3, 0.4) is 0 Å². The van der Waals surface area contributed by atoms with Gasteiger partial charge in [-0.1, -0.05) is 24.3 Å². The van der Waals surface area contributed by atoms with Crippen molar-refractivity contribution >= 4 is 11.5 Å². The Morgan fingerprint density at radius 3 is 2.87 bits per heavy atom. The number of ether oxygens (including phenoxy) is 1. The van der Waals surface area contributed by atoms with Crippen molar-refractivity contribution in [2.24, 2.45) is 4.99 Å². The molecule has 2 aromatic rings. The second-order valence-electron chi connectivity index (χ2n) is 5.21. The van der Waals surface area contributed by atoms with E-state index in [0.29, 0.717) is 11.3 Å². The fourth-order valence-corrected chi connectivity index (χ4v) is 2.43. The monoisotopic (exact) mass is 311 g/mol. The molecule has 3 rings (SSSR count). The number of amidine groups is 1. The first-order valence-corrected chi connectivity index (χ1v) is 7.48. The Kier molecular flexibility index (Phi) is 4.52. The summed E-state index contributed by atoms with van der Waals surface area (Å²) in [7, 11) is 0. The minimum Gasteiger partial charge on any atom is -0.489 e. The van der Waals surface area contributed by atoms with E-state index in [2.05, 4.69) is 10.3 Å². The van der Waals surface area contributed by atoms with E-state index in [1.807, 2.05) is 24.3 Å². The molecule has 0 fully saturated rings. The third kappa shape index (κ3) is 3.66. The fraction of sp³-hybridized carbons (Fsp3) is 0.235. The number of nitrogens with zero attached hydrogens (tertiary/aromatic N) is 2. The highest BCUT2D eigenvalue weighted by Crippen LogP contribution is 2.21. The average Bonchev–Trinajstić information content (AvgIpc) is 2.61. The molecule has 0 bridgehead atoms. The molecule has 0 saturated carbocycles. The molecular weight excluding hydrogens is 294 g/mol. The van der Waals surface area contributed by atoms with Crippen LogP contribution < -0.4 is 10.1 Å². The summed E-state index contributed by atoms with van der Waals surface area (Å²) >= 11 is 0. The van der Waals surface area contributed by atoms with E-state index in [1.54, 1.807) is 18.2 Å². The largest absolute Gasteiger partial charge is 0.489 e. The molecule has 2 aromatic carbocycles. The van der Waals surface area contributed by atoms with E-state index >= 15 is 0 Å². The van der Waals surface area contributed by atoms with E-state index in [-0.39, 0.29) is 12.3 Å². The summed E-state index contributed by atoms with van der Waals surface area (Å²) in [5.74, 6) is 1.53. The van der Waals surface area contributed by atoms with Gasteiger partial charge in [-0.2, -0.15) is 0 Å². The third-order valence-corrected chi connectivity index (χ3v) is 3.59. The molecule has 6 nitrogen and oxygen atoms in total. The molecule has 0 aliphatic carbocycles. The maximum absolute atomic E-state index is 11.0. The molecule has 0 amide bonds. The predicted molar refractivity (Wildman–Crippen MR) is 87.9 cm³/mol. The molecular formula is C17H17N3O3. The average molecular weight is 311 g/mol. The number of hydrogen-bond acceptors (Lipinski definition) is 5. The zero-order chi connectivity index (χ0) is 16.1. The molecule has 0 saturated heterocycles. The first-order chi connectivity index (χ1) is 11.2. The van der Waals surface area contributed by atoms with Crippen LogP contribution in [0.1, 0.15) is 17.5 Å². The van der Waals surface area contributed by atoms with Gasteiger partial charge in [0.2, 0.25) is 0 Å². The quantitative estimate of drug-likeness (QED) is 0.680. The normalized spacial score (nSPS) is 13.8. The topological polar surface area (TPSA) is 76.8 Å². The highest BCUT2D eigenvalue weighted by Gasteiger charge is 2.13. The Balaban J connectivity index is 1.74. The van der Waals surface area contributed by atoms with Crippen LogP contribution in [0.15, 0.2) is 53.5 Å². The Labute approximate surface area is 134 Å². The van der Waals surface area contributed by atoms with Crippen molar-refractivity contribution in [1.29, 1.82) is 0 Å². The van der Waals surface area contributed by atoms with Crippen molar-refractivity contribution in [1.82, 2.24) is 5.32 Å². The van der Waals surface area contributed by atoms with E-state index in [4.69, 9.17) is 4.74 Å². The summed E-state index contributed by atoms with van der Waals surface area (Å²) in [6.45, 7) is 1.89. The maximum Gasteiger partial charge on any atom is 0.276 e. The van der Waals surface area contributed by atoms with Gasteiger partial charge in [0, 0.05) is 24.7 Å². The van der Waals surface area contributed by atoms with Crippen molar-refractivity contribution in [3.63, 3.8) is 0 Å². The van der Waals surface area contributed by atoms with Crippen molar-refractivity contribution in [2.45, 2.75) is 13.0 Å². The number of nitro benzene ring substituents is 1. The van der Waals surface area contributed by atoms with Crippen molar-refractivity contribution in [3.05, 3.63) is 69.8 Å². The Bertz CT molecular complexity index is 743. The lowest BCUT2D eigenvalue weighted by Gasteiger charge is -2.15. The maximum atomic E-state index is 11.0. The van der Waals surface area contributed by atoms with Crippen molar-refractivity contribution < 1.29 is 9.66 Å². The number of rotatable bonds is 5. The van der Waals surface area contributed by atoms with Crippen molar-refractivity contribution in [3.8, 4) is 5.75 Å². The zero-order valence-corrected chi connectivity index (χ0v) is 12.6. The van der Waals surface area contributed by atoms with Gasteiger partial charge in [0.25, 0.3) is 5.69 Å². The van der Waals surface area contributed by atoms with Gasteiger partial charge in [0.1, 0.15) is 18.2 Å². The Morgan fingerprint density at radius 1 is 1.22 bits per heavy atom. The highest BCUT2D eigenvalue weighted by molar-refractivity contribution is 5.99. The molecule has 0 spiro atoms. The van der Waals surface area contributed by atoms with Crippen LogP contribution in [0.25, 0.3) is 0 Å². The first kappa shape index (κ1) is 15.0. The number of nitro groups is 1. The number of hydrogen-bond donors (Lipinski definition) is 1. The molecule has 118 valence electrons. The molecule has 0 radical (unpaired) electrons. The van der Waals surface area contributed by atoms with E-state index < -0.39 is 4.92 Å². The SMILES string of the molecule is O=[N+]([O-])c1ccccc1COc1cccc(C2=NCCCN2)c1. The molecule has 0 unspecified atom stereocenters. The molecule has 1 heterocycles. The van der Waals surface area contributed by atoms with Crippen LogP contribution >= 0.6 is 0 Å². The molecule has 6 heteroatoms. The number of aliphatic imine (C=N–C) groups is 1. The standard InChI is InChI=1S/C17H17N3O3/c21-20(22)16-8-2-1-5-14(16)12-23-15-7-3-6-13(11-15)17-18-9-4-10-19-17/h1-3,5-8,11H,4,9-10,12H2,(H,18,19). The van der Waals surface area contributed by atoms with Crippen LogP contribution in [-0.2, 0) is 6.61 Å². The minimum absolute atomic E-state index is 0.0713. The third-order valence-electron chi connectivity index (χ3n) is 3.59. The Hall–Kier alpha value is -2.89. The molecule has 0 aromatic heterocycles.